The first kappa shape index (κ1) is 33.4. The van der Waals surface area contributed by atoms with Crippen molar-refractivity contribution in [2.45, 2.75) is 78.3 Å². The van der Waals surface area contributed by atoms with Crippen molar-refractivity contribution >= 4 is 23.6 Å². The number of benzene rings is 1. The van der Waals surface area contributed by atoms with Crippen molar-refractivity contribution in [1.29, 1.82) is 0 Å². The molecule has 12 heteroatoms. The van der Waals surface area contributed by atoms with Crippen molar-refractivity contribution in [3.05, 3.63) is 29.6 Å². The third kappa shape index (κ3) is 10.9. The van der Waals surface area contributed by atoms with Crippen molar-refractivity contribution < 1.29 is 33.5 Å². The molecule has 2 rings (SSSR count). The number of carboxylic acid groups (broad SMARTS) is 1. The highest BCUT2D eigenvalue weighted by Gasteiger charge is 2.30. The third-order valence-electron chi connectivity index (χ3n) is 6.57. The number of aromatic nitrogens is 2. The lowest BCUT2D eigenvalue weighted by molar-refractivity contribution is -0.141. The number of nitrogens with one attached hydrogen (secondary N) is 2. The van der Waals surface area contributed by atoms with Gasteiger partial charge in [0.2, 0.25) is 11.8 Å². The van der Waals surface area contributed by atoms with Gasteiger partial charge < -0.3 is 25.0 Å². The van der Waals surface area contributed by atoms with Crippen LogP contribution in [0.5, 0.6) is 5.75 Å². The molecule has 2 atom stereocenters. The lowest BCUT2D eigenvalue weighted by atomic mass is 10.0. The van der Waals surface area contributed by atoms with Gasteiger partial charge in [0.25, 0.3) is 5.89 Å². The molecule has 0 spiro atoms. The van der Waals surface area contributed by atoms with Crippen molar-refractivity contribution in [2.24, 2.45) is 5.92 Å². The summed E-state index contributed by atoms with van der Waals surface area (Å²) in [4.78, 5) is 56.8. The summed E-state index contributed by atoms with van der Waals surface area (Å²) in [7, 11) is 3.28. The normalized spacial score (nSPS) is 12.7. The van der Waals surface area contributed by atoms with Gasteiger partial charge in [0.05, 0.1) is 32.5 Å². The molecule has 1 aromatic carbocycles. The van der Waals surface area contributed by atoms with Gasteiger partial charge in [0, 0.05) is 11.1 Å². The van der Waals surface area contributed by atoms with Gasteiger partial charge in [-0.05, 0) is 51.1 Å². The fraction of sp³-hybridized carbons (Fsp3) is 0.586. The molecule has 1 heterocycles. The quantitative estimate of drug-likeness (QED) is 0.226. The Balaban J connectivity index is 2.10. The first-order chi connectivity index (χ1) is 19.4. The van der Waals surface area contributed by atoms with Crippen LogP contribution in [-0.4, -0.2) is 83.0 Å². The number of methoxy groups -OCH3 is 1. The number of aliphatic carboxylic acids is 1. The molecular weight excluding hydrogens is 530 g/mol. The zero-order valence-corrected chi connectivity index (χ0v) is 24.9. The van der Waals surface area contributed by atoms with E-state index in [4.69, 9.17) is 9.26 Å². The summed E-state index contributed by atoms with van der Waals surface area (Å²) in [5.41, 5.74) is 1.15. The third-order valence-corrected chi connectivity index (χ3v) is 6.57. The maximum atomic E-state index is 13.2. The van der Waals surface area contributed by atoms with Gasteiger partial charge in [-0.1, -0.05) is 45.2 Å². The number of carboxylic acids is 1. The Bertz CT molecular complexity index is 1180. The molecule has 41 heavy (non-hydrogen) atoms. The lowest BCUT2D eigenvalue weighted by Gasteiger charge is -2.26. The van der Waals surface area contributed by atoms with E-state index in [0.717, 1.165) is 25.7 Å². The van der Waals surface area contributed by atoms with Crippen LogP contribution in [0.1, 0.15) is 64.3 Å². The number of ether oxygens (including phenoxy) is 1. The van der Waals surface area contributed by atoms with Crippen LogP contribution in [0.2, 0.25) is 0 Å². The summed E-state index contributed by atoms with van der Waals surface area (Å²) >= 11 is 0. The summed E-state index contributed by atoms with van der Waals surface area (Å²) in [6.45, 7) is 8.03. The first-order valence-electron chi connectivity index (χ1n) is 14.0. The monoisotopic (exact) mass is 573 g/mol. The number of nitrogens with zero attached hydrogens (tertiary/aromatic N) is 3. The zero-order valence-electron chi connectivity index (χ0n) is 24.9. The molecule has 12 nitrogen and oxygen atoms in total. The average molecular weight is 574 g/mol. The van der Waals surface area contributed by atoms with Crippen molar-refractivity contribution in [3.8, 4) is 17.2 Å². The molecule has 1 aromatic heterocycles. The Kier molecular flexibility index (Phi) is 13.4. The molecule has 0 saturated heterocycles. The van der Waals surface area contributed by atoms with E-state index in [-0.39, 0.29) is 18.9 Å². The first-order valence-corrected chi connectivity index (χ1v) is 14.0. The number of aryl methyl sites for hydroxylation is 1. The van der Waals surface area contributed by atoms with Gasteiger partial charge in [-0.15, -0.1) is 0 Å². The summed E-state index contributed by atoms with van der Waals surface area (Å²) in [6.07, 6.45) is 3.53. The Morgan fingerprint density at radius 1 is 1.12 bits per heavy atom. The number of hydrogen-bond acceptors (Lipinski definition) is 9. The van der Waals surface area contributed by atoms with E-state index in [0.29, 0.717) is 35.1 Å². The van der Waals surface area contributed by atoms with E-state index < -0.39 is 42.1 Å². The van der Waals surface area contributed by atoms with Gasteiger partial charge >= 0.3 is 5.97 Å². The van der Waals surface area contributed by atoms with Gasteiger partial charge in [-0.3, -0.25) is 24.1 Å². The number of unbranched alkanes of at least 4 members (excludes halogenated alkanes) is 3. The van der Waals surface area contributed by atoms with E-state index in [1.807, 2.05) is 4.90 Å². The summed E-state index contributed by atoms with van der Waals surface area (Å²) < 4.78 is 10.6. The minimum Gasteiger partial charge on any atom is -0.496 e. The van der Waals surface area contributed by atoms with Crippen LogP contribution in [-0.2, 0) is 25.6 Å². The zero-order chi connectivity index (χ0) is 30.5. The van der Waals surface area contributed by atoms with Crippen LogP contribution in [0.4, 0.5) is 0 Å². The number of carbonyl (C=O) groups excluding carboxylic acids is 3. The van der Waals surface area contributed by atoms with Crippen molar-refractivity contribution in [3.63, 3.8) is 0 Å². The number of hydrogen-bond donors (Lipinski definition) is 3. The molecular formula is C29H43N5O7. The fourth-order valence-corrected chi connectivity index (χ4v) is 4.34. The van der Waals surface area contributed by atoms with Crippen LogP contribution in [0.25, 0.3) is 11.5 Å². The maximum Gasteiger partial charge on any atom is 0.305 e. The molecule has 0 aliphatic heterocycles. The second-order valence-corrected chi connectivity index (χ2v) is 10.6. The Morgan fingerprint density at radius 2 is 1.85 bits per heavy atom. The molecule has 1 unspecified atom stereocenters. The molecule has 3 N–H and O–H groups in total. The van der Waals surface area contributed by atoms with Crippen molar-refractivity contribution in [1.82, 2.24) is 25.7 Å². The highest BCUT2D eigenvalue weighted by Crippen LogP contribution is 2.26. The molecule has 0 bridgehead atoms. The molecule has 2 aromatic rings. The minimum absolute atomic E-state index is 0.0127. The summed E-state index contributed by atoms with van der Waals surface area (Å²) in [5, 5.41) is 18.5. The van der Waals surface area contributed by atoms with Gasteiger partial charge in [0.15, 0.2) is 11.6 Å². The highest BCUT2D eigenvalue weighted by molar-refractivity contribution is 5.95. The number of amides is 2. The number of Topliss-reactive ketones (excluding diaryl/α,β-unsaturated/α-hetero) is 1. The Labute approximate surface area is 241 Å². The molecule has 2 amide bonds. The summed E-state index contributed by atoms with van der Waals surface area (Å²) in [5.74, 6) is -1.78. The second kappa shape index (κ2) is 16.5. The molecule has 0 saturated carbocycles. The standard InChI is InChI=1S/C29H43N5O7/c1-7-8-9-10-13-34(5)17-23(35)22(16-26(37)38)31-28(39)27(18(2)3)32-25(36)15-21-14-20(11-12-24(21)40-6)29-30-19(4)33-41-29/h11-12,14,18,22,27H,7-10,13,15-17H2,1-6H3,(H,31,39)(H,32,36)(H,37,38)/t22?,27-/m0/s1. The predicted octanol–water partition coefficient (Wildman–Crippen LogP) is 2.78. The molecule has 0 aliphatic rings. The van der Waals surface area contributed by atoms with E-state index in [1.54, 1.807) is 46.0 Å². The number of ketones is 1. The lowest BCUT2D eigenvalue weighted by Crippen LogP contribution is -2.55. The van der Waals surface area contributed by atoms with Gasteiger partial charge in [0.1, 0.15) is 11.8 Å². The fourth-order valence-electron chi connectivity index (χ4n) is 4.34. The second-order valence-electron chi connectivity index (χ2n) is 10.6. The van der Waals surface area contributed by atoms with Crippen molar-refractivity contribution in [2.75, 3.05) is 27.2 Å². The summed E-state index contributed by atoms with van der Waals surface area (Å²) in [6, 6.07) is 2.92. The molecule has 226 valence electrons. The minimum atomic E-state index is -1.22. The van der Waals surface area contributed by atoms with E-state index >= 15 is 0 Å². The number of rotatable bonds is 18. The van der Waals surface area contributed by atoms with E-state index in [2.05, 4.69) is 27.7 Å². The SMILES string of the molecule is CCCCCCN(C)CC(=O)C(CC(=O)O)NC(=O)[C@@H](NC(=O)Cc1cc(-c2nc(C)no2)ccc1OC)C(C)C. The van der Waals surface area contributed by atoms with E-state index in [9.17, 15) is 24.3 Å². The van der Waals surface area contributed by atoms with Crippen LogP contribution in [0, 0.1) is 12.8 Å². The number of carbonyl (C=O) groups is 4. The molecule has 0 radical (unpaired) electrons. The van der Waals surface area contributed by atoms with Crippen LogP contribution in [0.3, 0.4) is 0 Å². The van der Waals surface area contributed by atoms with Crippen LogP contribution >= 0.6 is 0 Å². The largest absolute Gasteiger partial charge is 0.496 e. The highest BCUT2D eigenvalue weighted by atomic mass is 16.5. The van der Waals surface area contributed by atoms with E-state index in [1.165, 1.54) is 7.11 Å². The molecule has 0 aliphatic carbocycles. The molecule has 0 fully saturated rings. The maximum absolute atomic E-state index is 13.2. The van der Waals surface area contributed by atoms with Gasteiger partial charge in [-0.2, -0.15) is 4.98 Å². The van der Waals surface area contributed by atoms with Crippen LogP contribution in [0.15, 0.2) is 22.7 Å². The smallest absolute Gasteiger partial charge is 0.305 e. The predicted molar refractivity (Wildman–Crippen MR) is 152 cm³/mol. The topological polar surface area (TPSA) is 164 Å². The van der Waals surface area contributed by atoms with Gasteiger partial charge in [-0.25, -0.2) is 0 Å². The number of likely N-dealkylation sites (N-methyl/N-ethyl adjacent to an activating group) is 1. The Hall–Kier alpha value is -3.80. The average Bonchev–Trinajstić information content (AvgIpc) is 3.35. The Morgan fingerprint density at radius 3 is 2.44 bits per heavy atom. The van der Waals surface area contributed by atoms with Crippen LogP contribution < -0.4 is 15.4 Å².